The van der Waals surface area contributed by atoms with Gasteiger partial charge in [0.05, 0.1) is 6.10 Å². The minimum atomic E-state index is -0.395. The fourth-order valence-electron chi connectivity index (χ4n) is 4.39. The minimum Gasteiger partial charge on any atom is -0.389 e. The van der Waals surface area contributed by atoms with Gasteiger partial charge < -0.3 is 10.0 Å². The Morgan fingerprint density at radius 3 is 2.27 bits per heavy atom. The maximum atomic E-state index is 9.81. The number of piperazine rings is 1. The number of piperidine rings is 1. The van der Waals surface area contributed by atoms with E-state index in [0.717, 1.165) is 44.2 Å². The highest BCUT2D eigenvalue weighted by Gasteiger charge is 2.22. The molecule has 1 unspecified atom stereocenters. The Hall–Kier alpha value is -1.36. The lowest BCUT2D eigenvalue weighted by Gasteiger charge is -2.38. The highest BCUT2D eigenvalue weighted by Crippen LogP contribution is 2.24. The zero-order valence-corrected chi connectivity index (χ0v) is 19.4. The van der Waals surface area contributed by atoms with Crippen LogP contribution < -0.4 is 4.90 Å². The van der Waals surface area contributed by atoms with Crippen molar-refractivity contribution in [2.45, 2.75) is 58.5 Å². The number of hydrogen-bond acceptors (Lipinski definition) is 4. The van der Waals surface area contributed by atoms with Gasteiger partial charge in [0.25, 0.3) is 0 Å². The van der Waals surface area contributed by atoms with Crippen LogP contribution in [-0.2, 0) is 0 Å². The highest BCUT2D eigenvalue weighted by molar-refractivity contribution is 5.49. The second-order valence-corrected chi connectivity index (χ2v) is 9.63. The van der Waals surface area contributed by atoms with Crippen LogP contribution in [-0.4, -0.2) is 67.3 Å². The summed E-state index contributed by atoms with van der Waals surface area (Å²) >= 11 is 0. The second-order valence-electron chi connectivity index (χ2n) is 9.63. The molecule has 0 spiro atoms. The molecule has 0 aromatic heterocycles. The molecule has 1 aromatic carbocycles. The van der Waals surface area contributed by atoms with Crippen LogP contribution in [0.25, 0.3) is 0 Å². The van der Waals surface area contributed by atoms with E-state index in [1.807, 2.05) is 13.0 Å². The molecule has 30 heavy (non-hydrogen) atoms. The van der Waals surface area contributed by atoms with Gasteiger partial charge in [-0.2, -0.15) is 0 Å². The van der Waals surface area contributed by atoms with Gasteiger partial charge in [-0.1, -0.05) is 43.5 Å². The molecule has 3 aliphatic rings. The number of nitrogens with zero attached hydrogens (tertiary/aromatic N) is 3. The zero-order chi connectivity index (χ0) is 21.3. The average Bonchev–Trinajstić information content (AvgIpc) is 3.63. The van der Waals surface area contributed by atoms with Gasteiger partial charge in [-0.05, 0) is 76.4 Å². The standard InChI is InChI=1S/C23H37N3O.C3H6/c1-19(2)18-25-11-8-21(9-12-25)7-10-24-13-15-26(16-14-24)23-6-4-5-22(17-23)20(3)27;1-2-3-1/h4-6,17,20-21,27H,1,7-16,18H2,2-3H3;1-3H2. The van der Waals surface area contributed by atoms with Crippen molar-refractivity contribution < 1.29 is 5.11 Å². The molecule has 4 rings (SSSR count). The van der Waals surface area contributed by atoms with Crippen molar-refractivity contribution in [1.29, 1.82) is 0 Å². The van der Waals surface area contributed by atoms with Crippen molar-refractivity contribution in [3.8, 4) is 0 Å². The number of aliphatic hydroxyl groups excluding tert-OH is 1. The van der Waals surface area contributed by atoms with Gasteiger partial charge in [0.15, 0.2) is 0 Å². The maximum absolute atomic E-state index is 9.81. The smallest absolute Gasteiger partial charge is 0.0762 e. The number of anilines is 1. The SMILES string of the molecule is C1CC1.C=C(C)CN1CCC(CCN2CCN(c3cccc(C(C)O)c3)CC2)CC1. The normalized spacial score (nSPS) is 21.6. The van der Waals surface area contributed by atoms with E-state index in [2.05, 4.69) is 46.4 Å². The Labute approximate surface area is 184 Å². The highest BCUT2D eigenvalue weighted by atomic mass is 16.3. The Morgan fingerprint density at radius 1 is 1.03 bits per heavy atom. The lowest BCUT2D eigenvalue weighted by molar-refractivity contribution is 0.169. The number of benzene rings is 1. The molecule has 1 N–H and O–H groups in total. The molecule has 4 heteroatoms. The van der Waals surface area contributed by atoms with E-state index in [4.69, 9.17) is 0 Å². The fraction of sp³-hybridized carbons (Fsp3) is 0.692. The van der Waals surface area contributed by atoms with Gasteiger partial charge in [0.1, 0.15) is 0 Å². The zero-order valence-electron chi connectivity index (χ0n) is 19.4. The Bertz CT molecular complexity index is 639. The summed E-state index contributed by atoms with van der Waals surface area (Å²) in [5.41, 5.74) is 3.54. The van der Waals surface area contributed by atoms with Crippen LogP contribution in [0.1, 0.15) is 64.0 Å². The molecule has 3 fully saturated rings. The molecular weight excluding hydrogens is 370 g/mol. The van der Waals surface area contributed by atoms with Crippen LogP contribution >= 0.6 is 0 Å². The van der Waals surface area contributed by atoms with E-state index in [1.165, 1.54) is 69.4 Å². The van der Waals surface area contributed by atoms with Crippen molar-refractivity contribution >= 4 is 5.69 Å². The first-order chi connectivity index (χ1) is 14.5. The van der Waals surface area contributed by atoms with E-state index < -0.39 is 6.10 Å². The predicted octanol–water partition coefficient (Wildman–Crippen LogP) is 4.71. The third-order valence-electron chi connectivity index (χ3n) is 6.50. The number of rotatable bonds is 7. The summed E-state index contributed by atoms with van der Waals surface area (Å²) in [5.74, 6) is 0.895. The van der Waals surface area contributed by atoms with Gasteiger partial charge in [0.2, 0.25) is 0 Å². The van der Waals surface area contributed by atoms with Gasteiger partial charge in [-0.15, -0.1) is 0 Å². The minimum absolute atomic E-state index is 0.395. The molecule has 1 aliphatic carbocycles. The van der Waals surface area contributed by atoms with Crippen LogP contribution in [0, 0.1) is 5.92 Å². The fourth-order valence-corrected chi connectivity index (χ4v) is 4.39. The van der Waals surface area contributed by atoms with Crippen LogP contribution in [0.15, 0.2) is 36.4 Å². The Kier molecular flexibility index (Phi) is 9.23. The monoisotopic (exact) mass is 413 g/mol. The van der Waals surface area contributed by atoms with Gasteiger partial charge >= 0.3 is 0 Å². The molecule has 1 saturated carbocycles. The first-order valence-corrected chi connectivity index (χ1v) is 12.1. The van der Waals surface area contributed by atoms with Crippen molar-refractivity contribution in [3.05, 3.63) is 42.0 Å². The predicted molar refractivity (Wildman–Crippen MR) is 128 cm³/mol. The molecule has 0 radical (unpaired) electrons. The number of likely N-dealkylation sites (tertiary alicyclic amines) is 1. The maximum Gasteiger partial charge on any atom is 0.0762 e. The second kappa shape index (κ2) is 11.9. The molecule has 2 saturated heterocycles. The van der Waals surface area contributed by atoms with Crippen LogP contribution in [0.3, 0.4) is 0 Å². The van der Waals surface area contributed by atoms with E-state index in [-0.39, 0.29) is 0 Å². The summed E-state index contributed by atoms with van der Waals surface area (Å²) in [5, 5.41) is 9.81. The van der Waals surface area contributed by atoms with E-state index >= 15 is 0 Å². The molecule has 0 bridgehead atoms. The summed E-state index contributed by atoms with van der Waals surface area (Å²) in [6.07, 6.45) is 8.14. The van der Waals surface area contributed by atoms with Gasteiger partial charge in [-0.3, -0.25) is 9.80 Å². The largest absolute Gasteiger partial charge is 0.389 e. The molecule has 168 valence electrons. The third kappa shape index (κ3) is 8.05. The topological polar surface area (TPSA) is 30.0 Å². The van der Waals surface area contributed by atoms with E-state index in [0.29, 0.717) is 0 Å². The lowest BCUT2D eigenvalue weighted by Crippen LogP contribution is -2.47. The molecule has 2 heterocycles. The molecule has 4 nitrogen and oxygen atoms in total. The van der Waals surface area contributed by atoms with Crippen LogP contribution in [0.5, 0.6) is 0 Å². The van der Waals surface area contributed by atoms with E-state index in [1.54, 1.807) is 0 Å². The molecular formula is C26H43N3O. The molecule has 2 aliphatic heterocycles. The summed E-state index contributed by atoms with van der Waals surface area (Å²) < 4.78 is 0. The van der Waals surface area contributed by atoms with Crippen LogP contribution in [0.4, 0.5) is 5.69 Å². The quantitative estimate of drug-likeness (QED) is 0.656. The average molecular weight is 414 g/mol. The summed E-state index contributed by atoms with van der Waals surface area (Å²) in [6, 6.07) is 8.37. The van der Waals surface area contributed by atoms with Crippen molar-refractivity contribution in [2.75, 3.05) is 57.3 Å². The van der Waals surface area contributed by atoms with Crippen molar-refractivity contribution in [2.24, 2.45) is 5.92 Å². The van der Waals surface area contributed by atoms with Gasteiger partial charge in [0, 0.05) is 38.4 Å². The van der Waals surface area contributed by atoms with Crippen LogP contribution in [0.2, 0.25) is 0 Å². The lowest BCUT2D eigenvalue weighted by atomic mass is 9.93. The summed E-state index contributed by atoms with van der Waals surface area (Å²) in [7, 11) is 0. The Balaban J connectivity index is 0.000000782. The van der Waals surface area contributed by atoms with Crippen molar-refractivity contribution in [1.82, 2.24) is 9.80 Å². The molecule has 1 atom stereocenters. The van der Waals surface area contributed by atoms with E-state index in [9.17, 15) is 5.11 Å². The Morgan fingerprint density at radius 2 is 1.70 bits per heavy atom. The number of hydrogen-bond donors (Lipinski definition) is 1. The van der Waals surface area contributed by atoms with Gasteiger partial charge in [-0.25, -0.2) is 0 Å². The first kappa shape index (κ1) is 23.3. The number of aliphatic hydroxyl groups is 1. The molecule has 0 amide bonds. The third-order valence-corrected chi connectivity index (χ3v) is 6.50. The molecule has 1 aromatic rings. The van der Waals surface area contributed by atoms with Crippen molar-refractivity contribution in [3.63, 3.8) is 0 Å². The first-order valence-electron chi connectivity index (χ1n) is 12.1. The summed E-state index contributed by atoms with van der Waals surface area (Å²) in [6.45, 7) is 17.3. The summed E-state index contributed by atoms with van der Waals surface area (Å²) in [4.78, 5) is 7.65.